The third-order valence-corrected chi connectivity index (χ3v) is 5.87. The van der Waals surface area contributed by atoms with Gasteiger partial charge in [0, 0.05) is 30.8 Å². The summed E-state index contributed by atoms with van der Waals surface area (Å²) in [6.45, 7) is 0.773. The van der Waals surface area contributed by atoms with Gasteiger partial charge in [0.2, 0.25) is 0 Å². The average molecular weight is 336 g/mol. The van der Waals surface area contributed by atoms with Gasteiger partial charge >= 0.3 is 0 Å². The van der Waals surface area contributed by atoms with Crippen molar-refractivity contribution in [1.82, 2.24) is 10.6 Å². The number of furan rings is 1. The van der Waals surface area contributed by atoms with Gasteiger partial charge in [-0.05, 0) is 43.6 Å². The topological polar surface area (TPSA) is 49.6 Å². The van der Waals surface area contributed by atoms with Crippen LogP contribution in [-0.4, -0.2) is 36.1 Å². The Kier molecular flexibility index (Phi) is 6.74. The fraction of sp³-hybridized carbons (Fsp3) is 0.722. The van der Waals surface area contributed by atoms with Crippen molar-refractivity contribution in [1.29, 1.82) is 0 Å². The van der Waals surface area contributed by atoms with E-state index in [1.165, 1.54) is 56.5 Å². The summed E-state index contributed by atoms with van der Waals surface area (Å²) in [6, 6.07) is 5.12. The maximum Gasteiger partial charge on any atom is 0.191 e. The van der Waals surface area contributed by atoms with Crippen LogP contribution in [0.4, 0.5) is 0 Å². The molecule has 1 aliphatic heterocycles. The van der Waals surface area contributed by atoms with Gasteiger partial charge in [0.15, 0.2) is 5.96 Å². The SMILES string of the molecule is c1coc(CCN=C(NC2CCCCC2)NC2CCCSC2)c1. The number of nitrogens with zero attached hydrogens (tertiary/aromatic N) is 1. The highest BCUT2D eigenvalue weighted by atomic mass is 32.2. The first-order valence-electron chi connectivity index (χ1n) is 9.08. The quantitative estimate of drug-likeness (QED) is 0.638. The molecule has 1 unspecified atom stereocenters. The molecular weight excluding hydrogens is 306 g/mol. The van der Waals surface area contributed by atoms with Gasteiger partial charge in [-0.25, -0.2) is 0 Å². The standard InChI is InChI=1S/C18H29N3OS/c1-2-6-15(7-3-1)20-18(21-16-8-5-13-23-14-16)19-11-10-17-9-4-12-22-17/h4,9,12,15-16H,1-3,5-8,10-11,13-14H2,(H2,19,20,21). The summed E-state index contributed by atoms with van der Waals surface area (Å²) in [4.78, 5) is 4.81. The Morgan fingerprint density at radius 3 is 2.70 bits per heavy atom. The minimum Gasteiger partial charge on any atom is -0.469 e. The first kappa shape index (κ1) is 16.7. The minimum absolute atomic E-state index is 0.562. The highest BCUT2D eigenvalue weighted by Gasteiger charge is 2.18. The molecule has 5 heteroatoms. The van der Waals surface area contributed by atoms with Crippen LogP contribution in [0.25, 0.3) is 0 Å². The fourth-order valence-electron chi connectivity index (χ4n) is 3.35. The van der Waals surface area contributed by atoms with Crippen LogP contribution in [0.5, 0.6) is 0 Å². The van der Waals surface area contributed by atoms with E-state index in [0.29, 0.717) is 12.1 Å². The maximum absolute atomic E-state index is 5.40. The van der Waals surface area contributed by atoms with Crippen LogP contribution in [0.15, 0.2) is 27.8 Å². The largest absolute Gasteiger partial charge is 0.469 e. The smallest absolute Gasteiger partial charge is 0.191 e. The normalized spacial score (nSPS) is 23.7. The van der Waals surface area contributed by atoms with Crippen LogP contribution < -0.4 is 10.6 Å². The molecule has 1 saturated heterocycles. The Morgan fingerprint density at radius 2 is 1.96 bits per heavy atom. The Morgan fingerprint density at radius 1 is 1.13 bits per heavy atom. The Balaban J connectivity index is 1.54. The number of guanidine groups is 1. The molecule has 2 aliphatic rings. The zero-order valence-corrected chi connectivity index (χ0v) is 14.7. The second-order valence-corrected chi connectivity index (χ2v) is 7.75. The zero-order chi connectivity index (χ0) is 15.7. The van der Waals surface area contributed by atoms with Gasteiger partial charge in [-0.1, -0.05) is 19.3 Å². The fourth-order valence-corrected chi connectivity index (χ4v) is 4.43. The molecule has 2 heterocycles. The lowest BCUT2D eigenvalue weighted by Gasteiger charge is -2.29. The van der Waals surface area contributed by atoms with Gasteiger partial charge in [0.1, 0.15) is 5.76 Å². The van der Waals surface area contributed by atoms with Gasteiger partial charge in [-0.3, -0.25) is 4.99 Å². The van der Waals surface area contributed by atoms with Crippen molar-refractivity contribution in [2.45, 2.75) is 63.5 Å². The average Bonchev–Trinajstić information content (AvgIpc) is 3.10. The minimum atomic E-state index is 0.562. The summed E-state index contributed by atoms with van der Waals surface area (Å²) in [5, 5.41) is 7.35. The molecule has 1 saturated carbocycles. The monoisotopic (exact) mass is 335 g/mol. The molecule has 128 valence electrons. The van der Waals surface area contributed by atoms with E-state index in [9.17, 15) is 0 Å². The Labute approximate surface area is 143 Å². The molecule has 0 radical (unpaired) electrons. The summed E-state index contributed by atoms with van der Waals surface area (Å²) in [5.74, 6) is 4.53. The van der Waals surface area contributed by atoms with Crippen molar-refractivity contribution >= 4 is 17.7 Å². The summed E-state index contributed by atoms with van der Waals surface area (Å²) >= 11 is 2.05. The van der Waals surface area contributed by atoms with Gasteiger partial charge < -0.3 is 15.1 Å². The third-order valence-electron chi connectivity index (χ3n) is 4.66. The molecule has 4 nitrogen and oxygen atoms in total. The highest BCUT2D eigenvalue weighted by molar-refractivity contribution is 7.99. The van der Waals surface area contributed by atoms with Crippen molar-refractivity contribution in [2.24, 2.45) is 4.99 Å². The molecule has 1 aromatic heterocycles. The first-order chi connectivity index (χ1) is 11.4. The zero-order valence-electron chi connectivity index (χ0n) is 13.9. The summed E-state index contributed by atoms with van der Waals surface area (Å²) in [7, 11) is 0. The molecule has 3 rings (SSSR count). The molecule has 1 aromatic rings. The van der Waals surface area contributed by atoms with Crippen molar-refractivity contribution in [2.75, 3.05) is 18.1 Å². The van der Waals surface area contributed by atoms with E-state index in [1.807, 2.05) is 12.1 Å². The lowest BCUT2D eigenvalue weighted by atomic mass is 9.96. The Hall–Kier alpha value is -1.10. The molecular formula is C18H29N3OS. The first-order valence-corrected chi connectivity index (χ1v) is 10.2. The predicted molar refractivity (Wildman–Crippen MR) is 98.2 cm³/mol. The van der Waals surface area contributed by atoms with Crippen LogP contribution in [0.2, 0.25) is 0 Å². The summed E-state index contributed by atoms with van der Waals surface area (Å²) < 4.78 is 5.40. The predicted octanol–water partition coefficient (Wildman–Crippen LogP) is 3.59. The lowest BCUT2D eigenvalue weighted by Crippen LogP contribution is -2.49. The van der Waals surface area contributed by atoms with Crippen LogP contribution in [-0.2, 0) is 6.42 Å². The van der Waals surface area contributed by atoms with Crippen LogP contribution in [0, 0.1) is 0 Å². The highest BCUT2D eigenvalue weighted by Crippen LogP contribution is 2.19. The van der Waals surface area contributed by atoms with E-state index >= 15 is 0 Å². The van der Waals surface area contributed by atoms with Crippen molar-refractivity contribution in [3.8, 4) is 0 Å². The number of rotatable bonds is 5. The van der Waals surface area contributed by atoms with E-state index in [-0.39, 0.29) is 0 Å². The molecule has 1 aliphatic carbocycles. The molecule has 2 N–H and O–H groups in total. The number of thioether (sulfide) groups is 1. The number of nitrogens with one attached hydrogen (secondary N) is 2. The van der Waals surface area contributed by atoms with Crippen molar-refractivity contribution in [3.63, 3.8) is 0 Å². The van der Waals surface area contributed by atoms with Crippen LogP contribution in [0.1, 0.15) is 50.7 Å². The Bertz CT molecular complexity index is 441. The second-order valence-electron chi connectivity index (χ2n) is 6.60. The molecule has 23 heavy (non-hydrogen) atoms. The second kappa shape index (κ2) is 9.26. The molecule has 0 amide bonds. The molecule has 0 bridgehead atoms. The van der Waals surface area contributed by atoms with Gasteiger partial charge in [0.05, 0.1) is 6.26 Å². The van der Waals surface area contributed by atoms with E-state index < -0.39 is 0 Å². The number of aliphatic imine (C=N–C) groups is 1. The van der Waals surface area contributed by atoms with E-state index in [0.717, 1.165) is 24.7 Å². The van der Waals surface area contributed by atoms with Crippen LogP contribution in [0.3, 0.4) is 0 Å². The summed E-state index contributed by atoms with van der Waals surface area (Å²) in [5.41, 5.74) is 0. The van der Waals surface area contributed by atoms with E-state index in [2.05, 4.69) is 22.4 Å². The molecule has 0 aromatic carbocycles. The summed E-state index contributed by atoms with van der Waals surface area (Å²) in [6.07, 6.45) is 11.8. The maximum atomic E-state index is 5.40. The van der Waals surface area contributed by atoms with Gasteiger partial charge in [-0.2, -0.15) is 11.8 Å². The van der Waals surface area contributed by atoms with E-state index in [1.54, 1.807) is 6.26 Å². The van der Waals surface area contributed by atoms with Crippen molar-refractivity contribution in [3.05, 3.63) is 24.2 Å². The van der Waals surface area contributed by atoms with E-state index in [4.69, 9.17) is 9.41 Å². The molecule has 1 atom stereocenters. The van der Waals surface area contributed by atoms with Gasteiger partial charge in [-0.15, -0.1) is 0 Å². The van der Waals surface area contributed by atoms with Crippen LogP contribution >= 0.6 is 11.8 Å². The molecule has 0 spiro atoms. The third kappa shape index (κ3) is 5.79. The lowest BCUT2D eigenvalue weighted by molar-refractivity contribution is 0.407. The molecule has 2 fully saturated rings. The van der Waals surface area contributed by atoms with Crippen molar-refractivity contribution < 1.29 is 4.42 Å². The number of hydrogen-bond donors (Lipinski definition) is 2. The number of hydrogen-bond acceptors (Lipinski definition) is 3. The van der Waals surface area contributed by atoms with Gasteiger partial charge in [0.25, 0.3) is 0 Å².